The minimum Gasteiger partial charge on any atom is -0.360 e. The highest BCUT2D eigenvalue weighted by atomic mass is 32.1. The lowest BCUT2D eigenvalue weighted by Crippen LogP contribution is -2.52. The smallest absolute Gasteiger partial charge is 0.194 e. The van der Waals surface area contributed by atoms with E-state index in [2.05, 4.69) is 37.6 Å². The molecule has 1 fully saturated rings. The van der Waals surface area contributed by atoms with Crippen LogP contribution in [0.15, 0.2) is 40.7 Å². The van der Waals surface area contributed by atoms with Crippen LogP contribution in [-0.4, -0.2) is 43.6 Å². The summed E-state index contributed by atoms with van der Waals surface area (Å²) in [6, 6.07) is 10.6. The second-order valence-electron chi connectivity index (χ2n) is 6.01. The number of hydrogen-bond donors (Lipinski definition) is 1. The molecule has 136 valence electrons. The molecule has 0 unspecified atom stereocenters. The van der Waals surface area contributed by atoms with Crippen molar-refractivity contribution in [1.82, 2.24) is 10.2 Å². The molecule has 0 atom stereocenters. The number of thiophene rings is 1. The van der Waals surface area contributed by atoms with Crippen molar-refractivity contribution in [3.05, 3.63) is 52.7 Å². The maximum Gasteiger partial charge on any atom is 0.194 e. The first kappa shape index (κ1) is 18.2. The second kappa shape index (κ2) is 8.68. The fourth-order valence-corrected chi connectivity index (χ4v) is 3.73. The van der Waals surface area contributed by atoms with Gasteiger partial charge in [0.1, 0.15) is 5.82 Å². The number of nitrogens with one attached hydrogen (secondary N) is 1. The van der Waals surface area contributed by atoms with Gasteiger partial charge in [0, 0.05) is 38.3 Å². The van der Waals surface area contributed by atoms with Crippen molar-refractivity contribution in [1.29, 1.82) is 5.26 Å². The lowest BCUT2D eigenvalue weighted by molar-refractivity contribution is 0.373. The molecule has 0 spiro atoms. The van der Waals surface area contributed by atoms with Crippen molar-refractivity contribution in [2.24, 2.45) is 4.99 Å². The summed E-state index contributed by atoms with van der Waals surface area (Å²) in [5.74, 6) is 0.464. The molecule has 0 aliphatic carbocycles. The third-order valence-electron chi connectivity index (χ3n) is 4.31. The Balaban J connectivity index is 1.67. The Morgan fingerprint density at radius 2 is 2.12 bits per heavy atom. The molecule has 26 heavy (non-hydrogen) atoms. The number of rotatable bonds is 4. The zero-order chi connectivity index (χ0) is 18.4. The fraction of sp³-hybridized carbons (Fsp3) is 0.368. The molecule has 3 rings (SSSR count). The predicted octanol–water partition coefficient (Wildman–Crippen LogP) is 3.05. The summed E-state index contributed by atoms with van der Waals surface area (Å²) in [6.45, 7) is 6.59. The second-order valence-corrected chi connectivity index (χ2v) is 6.94. The average Bonchev–Trinajstić information content (AvgIpc) is 3.21. The molecule has 1 saturated heterocycles. The summed E-state index contributed by atoms with van der Waals surface area (Å²) in [7, 11) is 0. The molecule has 1 aliphatic heterocycles. The van der Waals surface area contributed by atoms with E-state index in [1.165, 1.54) is 17.1 Å². The van der Waals surface area contributed by atoms with Crippen LogP contribution in [0.1, 0.15) is 18.1 Å². The van der Waals surface area contributed by atoms with Crippen molar-refractivity contribution in [2.45, 2.75) is 13.5 Å². The Morgan fingerprint density at radius 1 is 1.31 bits per heavy atom. The van der Waals surface area contributed by atoms with Crippen LogP contribution in [0.4, 0.5) is 9.39 Å². The SMILES string of the molecule is CCNC(=NCc1cc(C#N)ccc1F)N1CCN(c2cccs2)CC1. The molecule has 0 amide bonds. The van der Waals surface area contributed by atoms with E-state index in [9.17, 15) is 4.39 Å². The number of hydrogen-bond acceptors (Lipinski definition) is 4. The van der Waals surface area contributed by atoms with Crippen LogP contribution >= 0.6 is 11.3 Å². The van der Waals surface area contributed by atoms with Crippen molar-refractivity contribution in [3.63, 3.8) is 0 Å². The lowest BCUT2D eigenvalue weighted by Gasteiger charge is -2.37. The van der Waals surface area contributed by atoms with Crippen molar-refractivity contribution in [3.8, 4) is 6.07 Å². The predicted molar refractivity (Wildman–Crippen MR) is 104 cm³/mol. The Bertz CT molecular complexity index is 789. The zero-order valence-electron chi connectivity index (χ0n) is 14.8. The monoisotopic (exact) mass is 371 g/mol. The summed E-state index contributed by atoms with van der Waals surface area (Å²) in [5, 5.41) is 15.7. The Labute approximate surface area is 157 Å². The van der Waals surface area contributed by atoms with E-state index in [1.54, 1.807) is 17.4 Å². The Hall–Kier alpha value is -2.59. The van der Waals surface area contributed by atoms with Gasteiger partial charge in [0.15, 0.2) is 5.96 Å². The van der Waals surface area contributed by atoms with Crippen molar-refractivity contribution < 1.29 is 4.39 Å². The number of nitriles is 1. The van der Waals surface area contributed by atoms with Gasteiger partial charge in [-0.05, 0) is 42.6 Å². The number of anilines is 1. The molecule has 2 heterocycles. The molecule has 0 saturated carbocycles. The third kappa shape index (κ3) is 4.33. The largest absolute Gasteiger partial charge is 0.360 e. The highest BCUT2D eigenvalue weighted by molar-refractivity contribution is 7.14. The lowest BCUT2D eigenvalue weighted by atomic mass is 10.1. The number of benzene rings is 1. The maximum absolute atomic E-state index is 14.0. The number of halogens is 1. The van der Waals surface area contributed by atoms with Gasteiger partial charge in [0.2, 0.25) is 0 Å². The van der Waals surface area contributed by atoms with E-state index in [-0.39, 0.29) is 12.4 Å². The standard InChI is InChI=1S/C19H22FN5S/c1-2-22-19(23-14-16-12-15(13-21)5-6-17(16)20)25-9-7-24(8-10-25)18-4-3-11-26-18/h3-6,11-12H,2,7-10,14H2,1H3,(H,22,23). The number of aliphatic imine (C=N–C) groups is 1. The van der Waals surface area contributed by atoms with Crippen LogP contribution in [0, 0.1) is 17.1 Å². The van der Waals surface area contributed by atoms with E-state index >= 15 is 0 Å². The molecular formula is C19H22FN5S. The summed E-state index contributed by atoms with van der Waals surface area (Å²) >= 11 is 1.76. The molecule has 1 aromatic carbocycles. The molecule has 0 bridgehead atoms. The highest BCUT2D eigenvalue weighted by Crippen LogP contribution is 2.22. The van der Waals surface area contributed by atoms with Crippen molar-refractivity contribution >= 4 is 22.3 Å². The van der Waals surface area contributed by atoms with E-state index < -0.39 is 0 Å². The summed E-state index contributed by atoms with van der Waals surface area (Å²) in [4.78, 5) is 9.18. The number of guanidine groups is 1. The van der Waals surface area contributed by atoms with Crippen molar-refractivity contribution in [2.75, 3.05) is 37.6 Å². The quantitative estimate of drug-likeness (QED) is 0.663. The summed E-state index contributed by atoms with van der Waals surface area (Å²) in [6.07, 6.45) is 0. The fourth-order valence-electron chi connectivity index (χ4n) is 2.94. The molecule has 1 N–H and O–H groups in total. The molecule has 1 aliphatic rings. The third-order valence-corrected chi connectivity index (χ3v) is 5.23. The van der Waals surface area contributed by atoms with Crippen LogP contribution in [0.3, 0.4) is 0 Å². The van der Waals surface area contributed by atoms with Gasteiger partial charge in [-0.25, -0.2) is 9.38 Å². The summed E-state index contributed by atoms with van der Waals surface area (Å²) < 4.78 is 14.0. The molecule has 0 radical (unpaired) electrons. The minimum absolute atomic E-state index is 0.217. The van der Waals surface area contributed by atoms with Gasteiger partial charge in [0.25, 0.3) is 0 Å². The number of piperazine rings is 1. The Kier molecular flexibility index (Phi) is 6.08. The molecule has 1 aromatic heterocycles. The van der Waals surface area contributed by atoms with Crippen LogP contribution in [-0.2, 0) is 6.54 Å². The molecule has 5 nitrogen and oxygen atoms in total. The van der Waals surface area contributed by atoms with E-state index in [4.69, 9.17) is 5.26 Å². The average molecular weight is 371 g/mol. The molecule has 7 heteroatoms. The summed E-state index contributed by atoms with van der Waals surface area (Å²) in [5.41, 5.74) is 0.892. The van der Waals surface area contributed by atoms with E-state index in [0.29, 0.717) is 11.1 Å². The van der Waals surface area contributed by atoms with E-state index in [0.717, 1.165) is 38.7 Å². The van der Waals surface area contributed by atoms with Gasteiger partial charge in [0.05, 0.1) is 23.2 Å². The van der Waals surface area contributed by atoms with Gasteiger partial charge >= 0.3 is 0 Å². The minimum atomic E-state index is -0.328. The van der Waals surface area contributed by atoms with Crippen LogP contribution in [0.2, 0.25) is 0 Å². The van der Waals surface area contributed by atoms with Crippen LogP contribution in [0.5, 0.6) is 0 Å². The van der Waals surface area contributed by atoms with Crippen LogP contribution < -0.4 is 10.2 Å². The van der Waals surface area contributed by atoms with Crippen LogP contribution in [0.25, 0.3) is 0 Å². The molecule has 2 aromatic rings. The first-order valence-electron chi connectivity index (χ1n) is 8.71. The first-order chi connectivity index (χ1) is 12.7. The van der Waals surface area contributed by atoms with Gasteiger partial charge in [-0.2, -0.15) is 5.26 Å². The first-order valence-corrected chi connectivity index (χ1v) is 9.59. The normalized spacial score (nSPS) is 15.0. The van der Waals surface area contributed by atoms with E-state index in [1.807, 2.05) is 13.0 Å². The zero-order valence-corrected chi connectivity index (χ0v) is 15.6. The maximum atomic E-state index is 14.0. The highest BCUT2D eigenvalue weighted by Gasteiger charge is 2.20. The van der Waals surface area contributed by atoms with Gasteiger partial charge < -0.3 is 15.1 Å². The Morgan fingerprint density at radius 3 is 2.77 bits per heavy atom. The molecular weight excluding hydrogens is 349 g/mol. The van der Waals surface area contributed by atoms with Gasteiger partial charge in [-0.15, -0.1) is 11.3 Å². The van der Waals surface area contributed by atoms with Gasteiger partial charge in [-0.1, -0.05) is 0 Å². The van der Waals surface area contributed by atoms with Gasteiger partial charge in [-0.3, -0.25) is 0 Å². The number of nitrogens with zero attached hydrogens (tertiary/aromatic N) is 4. The topological polar surface area (TPSA) is 54.7 Å².